The summed E-state index contributed by atoms with van der Waals surface area (Å²) in [6.07, 6.45) is 6.94. The van der Waals surface area contributed by atoms with Gasteiger partial charge in [0.15, 0.2) is 0 Å². The van der Waals surface area contributed by atoms with Crippen molar-refractivity contribution in [2.45, 2.75) is 52.4 Å². The second-order valence-corrected chi connectivity index (χ2v) is 7.87. The van der Waals surface area contributed by atoms with Crippen molar-refractivity contribution < 1.29 is 8.78 Å². The van der Waals surface area contributed by atoms with Crippen molar-refractivity contribution in [3.63, 3.8) is 0 Å². The first-order valence-corrected chi connectivity index (χ1v) is 11.3. The number of hydrogen-bond acceptors (Lipinski definition) is 0. The van der Waals surface area contributed by atoms with Gasteiger partial charge in [-0.25, -0.2) is 8.78 Å². The third kappa shape index (κ3) is 6.83. The topological polar surface area (TPSA) is 0 Å². The lowest BCUT2D eigenvalue weighted by Gasteiger charge is -2.01. The Labute approximate surface area is 190 Å². The molecule has 3 rings (SSSR count). The summed E-state index contributed by atoms with van der Waals surface area (Å²) >= 11 is 0. The van der Waals surface area contributed by atoms with Crippen molar-refractivity contribution >= 4 is 0 Å². The smallest absolute Gasteiger partial charge is 0.143 e. The SMILES string of the molecule is CCCCCCc1ccc(C#Cc2cc(F)c(C#Cc3ccc(CC)cc3)c(F)c2)cc1. The third-order valence-electron chi connectivity index (χ3n) is 5.36. The number of halogens is 2. The molecule has 162 valence electrons. The highest BCUT2D eigenvalue weighted by Gasteiger charge is 2.08. The molecule has 2 heteroatoms. The van der Waals surface area contributed by atoms with Crippen LogP contribution in [-0.4, -0.2) is 0 Å². The summed E-state index contributed by atoms with van der Waals surface area (Å²) in [5.41, 5.74) is 4.08. The Morgan fingerprint density at radius 1 is 0.594 bits per heavy atom. The van der Waals surface area contributed by atoms with Gasteiger partial charge >= 0.3 is 0 Å². The van der Waals surface area contributed by atoms with E-state index in [-0.39, 0.29) is 5.56 Å². The Morgan fingerprint density at radius 3 is 1.69 bits per heavy atom. The van der Waals surface area contributed by atoms with E-state index < -0.39 is 11.6 Å². The minimum absolute atomic E-state index is 0.234. The Bertz CT molecular complexity index is 1120. The van der Waals surface area contributed by atoms with E-state index in [9.17, 15) is 8.78 Å². The fourth-order valence-corrected chi connectivity index (χ4v) is 3.38. The van der Waals surface area contributed by atoms with Crippen molar-refractivity contribution in [1.82, 2.24) is 0 Å². The lowest BCUT2D eigenvalue weighted by Crippen LogP contribution is -1.92. The fourth-order valence-electron chi connectivity index (χ4n) is 3.38. The first-order valence-electron chi connectivity index (χ1n) is 11.3. The van der Waals surface area contributed by atoms with E-state index in [2.05, 4.69) is 49.7 Å². The quantitative estimate of drug-likeness (QED) is 0.284. The van der Waals surface area contributed by atoms with Crippen LogP contribution in [0.3, 0.4) is 0 Å². The summed E-state index contributed by atoms with van der Waals surface area (Å²) in [4.78, 5) is 0. The molecule has 3 aromatic rings. The molecule has 0 unspecified atom stereocenters. The first kappa shape index (κ1) is 23.3. The average molecular weight is 427 g/mol. The molecule has 0 N–H and O–H groups in total. The van der Waals surface area contributed by atoms with Gasteiger partial charge in [0.05, 0.1) is 5.56 Å². The molecule has 0 saturated carbocycles. The molecule has 0 bridgehead atoms. The molecule has 0 spiro atoms. The number of rotatable bonds is 6. The summed E-state index contributed by atoms with van der Waals surface area (Å²) in [6, 6.07) is 18.2. The Balaban J connectivity index is 1.69. The van der Waals surface area contributed by atoms with E-state index >= 15 is 0 Å². The Hall–Kier alpha value is -3.36. The zero-order valence-corrected chi connectivity index (χ0v) is 18.8. The van der Waals surface area contributed by atoms with Crippen molar-refractivity contribution in [3.05, 3.63) is 106 Å². The molecule has 0 radical (unpaired) electrons. The zero-order chi connectivity index (χ0) is 22.8. The largest absolute Gasteiger partial charge is 0.205 e. The minimum Gasteiger partial charge on any atom is -0.205 e. The summed E-state index contributed by atoms with van der Waals surface area (Å²) in [6.45, 7) is 4.28. The lowest BCUT2D eigenvalue weighted by molar-refractivity contribution is 0.577. The molecular weight excluding hydrogens is 398 g/mol. The standard InChI is InChI=1S/C30H28F2/c1-3-5-6-7-8-24-13-15-25(16-14-24)17-18-27-21-29(31)28(30(32)22-27)20-19-26-11-9-23(4-2)10-12-26/h9-16,21-22H,3-8H2,1-2H3. The van der Waals surface area contributed by atoms with Crippen LogP contribution in [0.1, 0.15) is 72.9 Å². The molecule has 3 aromatic carbocycles. The summed E-state index contributed by atoms with van der Waals surface area (Å²) in [5, 5.41) is 0. The van der Waals surface area contributed by atoms with Crippen molar-refractivity contribution in [2.75, 3.05) is 0 Å². The number of aryl methyl sites for hydroxylation is 2. The Morgan fingerprint density at radius 2 is 1.12 bits per heavy atom. The second kappa shape index (κ2) is 11.9. The highest BCUT2D eigenvalue weighted by atomic mass is 19.1. The molecule has 0 fully saturated rings. The summed E-state index contributed by atoms with van der Waals surface area (Å²) < 4.78 is 28.9. The van der Waals surface area contributed by atoms with Crippen molar-refractivity contribution in [3.8, 4) is 23.7 Å². The van der Waals surface area contributed by atoms with Crippen LogP contribution in [0.2, 0.25) is 0 Å². The molecule has 0 saturated heterocycles. The van der Waals surface area contributed by atoms with Crippen LogP contribution in [-0.2, 0) is 12.8 Å². The third-order valence-corrected chi connectivity index (χ3v) is 5.36. The van der Waals surface area contributed by atoms with Gasteiger partial charge in [-0.2, -0.15) is 0 Å². The van der Waals surface area contributed by atoms with Gasteiger partial charge in [0.25, 0.3) is 0 Å². The number of benzene rings is 3. The highest BCUT2D eigenvalue weighted by molar-refractivity contribution is 5.49. The van der Waals surface area contributed by atoms with Gasteiger partial charge in [0.1, 0.15) is 11.6 Å². The summed E-state index contributed by atoms with van der Waals surface area (Å²) in [7, 11) is 0. The van der Waals surface area contributed by atoms with E-state index in [1.807, 2.05) is 36.4 Å². The van der Waals surface area contributed by atoms with Gasteiger partial charge in [0, 0.05) is 16.7 Å². The monoisotopic (exact) mass is 426 g/mol. The van der Waals surface area contributed by atoms with E-state index in [1.165, 1.54) is 48.9 Å². The van der Waals surface area contributed by atoms with Crippen molar-refractivity contribution in [2.24, 2.45) is 0 Å². The highest BCUT2D eigenvalue weighted by Crippen LogP contribution is 2.15. The van der Waals surface area contributed by atoms with Crippen LogP contribution < -0.4 is 0 Å². The molecule has 32 heavy (non-hydrogen) atoms. The van der Waals surface area contributed by atoms with Crippen LogP contribution in [0.15, 0.2) is 60.7 Å². The fraction of sp³-hybridized carbons (Fsp3) is 0.267. The lowest BCUT2D eigenvalue weighted by atomic mass is 10.0. The minimum atomic E-state index is -0.700. The maximum absolute atomic E-state index is 14.5. The first-order chi connectivity index (χ1) is 15.6. The van der Waals surface area contributed by atoms with E-state index in [4.69, 9.17) is 0 Å². The van der Waals surface area contributed by atoms with Crippen LogP contribution in [0.5, 0.6) is 0 Å². The predicted molar refractivity (Wildman–Crippen MR) is 128 cm³/mol. The van der Waals surface area contributed by atoms with Gasteiger partial charge in [-0.05, 0) is 66.8 Å². The van der Waals surface area contributed by atoms with Crippen LogP contribution in [0.4, 0.5) is 8.78 Å². The molecule has 0 atom stereocenters. The van der Waals surface area contributed by atoms with Crippen LogP contribution in [0.25, 0.3) is 0 Å². The van der Waals surface area contributed by atoms with Gasteiger partial charge in [-0.15, -0.1) is 0 Å². The molecule has 0 aliphatic carbocycles. The van der Waals surface area contributed by atoms with Gasteiger partial charge in [0.2, 0.25) is 0 Å². The number of hydrogen-bond donors (Lipinski definition) is 0. The van der Waals surface area contributed by atoms with Crippen LogP contribution >= 0.6 is 0 Å². The average Bonchev–Trinajstić information content (AvgIpc) is 2.81. The van der Waals surface area contributed by atoms with Crippen LogP contribution in [0, 0.1) is 35.3 Å². The Kier molecular flexibility index (Phi) is 8.65. The van der Waals surface area contributed by atoms with Crippen molar-refractivity contribution in [1.29, 1.82) is 0 Å². The molecule has 0 heterocycles. The maximum Gasteiger partial charge on any atom is 0.143 e. The molecule has 0 nitrogen and oxygen atoms in total. The molecular formula is C30H28F2. The number of unbranched alkanes of at least 4 members (excludes halogenated alkanes) is 3. The second-order valence-electron chi connectivity index (χ2n) is 7.87. The van der Waals surface area contributed by atoms with Gasteiger partial charge in [-0.3, -0.25) is 0 Å². The molecule has 0 aromatic heterocycles. The van der Waals surface area contributed by atoms with E-state index in [1.54, 1.807) is 0 Å². The van der Waals surface area contributed by atoms with Gasteiger partial charge in [-0.1, -0.05) is 81.1 Å². The normalized spacial score (nSPS) is 10.1. The zero-order valence-electron chi connectivity index (χ0n) is 18.8. The predicted octanol–water partition coefficient (Wildman–Crippen LogP) is 7.45. The van der Waals surface area contributed by atoms with E-state index in [0.29, 0.717) is 5.56 Å². The molecule has 0 amide bonds. The molecule has 0 aliphatic heterocycles. The maximum atomic E-state index is 14.5. The molecule has 0 aliphatic rings. The van der Waals surface area contributed by atoms with E-state index in [0.717, 1.165) is 24.0 Å². The summed E-state index contributed by atoms with van der Waals surface area (Å²) in [5.74, 6) is 9.90. The van der Waals surface area contributed by atoms with Gasteiger partial charge < -0.3 is 0 Å².